The van der Waals surface area contributed by atoms with Gasteiger partial charge in [0.15, 0.2) is 0 Å². The Hall–Kier alpha value is -0.580. The summed E-state index contributed by atoms with van der Waals surface area (Å²) in [7, 11) is 0. The summed E-state index contributed by atoms with van der Waals surface area (Å²) in [5.41, 5.74) is 2.28. The number of rotatable bonds is 0. The monoisotopic (exact) mass is 258 g/mol. The molecule has 0 fully saturated rings. The molecule has 0 radical (unpaired) electrons. The second-order valence-electron chi connectivity index (χ2n) is 2.46. The predicted octanol–water partition coefficient (Wildman–Crippen LogP) is 2.54. The number of nitrogens with zero attached hydrogens (tertiary/aromatic N) is 2. The summed E-state index contributed by atoms with van der Waals surface area (Å²) in [6, 6.07) is 8.22. The van der Waals surface area contributed by atoms with Crippen LogP contribution in [-0.2, 0) is 0 Å². The lowest BCUT2D eigenvalue weighted by atomic mass is 10.2. The second kappa shape index (κ2) is 2.48. The van der Waals surface area contributed by atoms with Gasteiger partial charge in [0, 0.05) is 5.39 Å². The molecule has 0 aliphatic heterocycles. The van der Waals surface area contributed by atoms with Crippen LogP contribution in [0, 0.1) is 6.92 Å². The minimum Gasteiger partial charge on any atom is -0.203 e. The second-order valence-corrected chi connectivity index (χ2v) is 3.38. The van der Waals surface area contributed by atoms with E-state index in [1.165, 1.54) is 10.9 Å². The van der Waals surface area contributed by atoms with Gasteiger partial charge in [0.1, 0.15) is 0 Å². The van der Waals surface area contributed by atoms with Gasteiger partial charge >= 0.3 is 0 Å². The van der Waals surface area contributed by atoms with Gasteiger partial charge in [0.25, 0.3) is 0 Å². The molecule has 0 spiro atoms. The zero-order valence-electron chi connectivity index (χ0n) is 6.08. The van der Waals surface area contributed by atoms with E-state index in [1.807, 2.05) is 22.0 Å². The first-order valence-corrected chi connectivity index (χ1v) is 4.36. The zero-order chi connectivity index (χ0) is 7.84. The molecule has 0 aliphatic rings. The molecule has 11 heavy (non-hydrogen) atoms. The lowest BCUT2D eigenvalue weighted by Gasteiger charge is -1.88. The highest BCUT2D eigenvalue weighted by Gasteiger charge is 2.02. The number of aryl methyl sites for hydroxylation is 1. The summed E-state index contributed by atoms with van der Waals surface area (Å²) >= 11 is 2.18. The maximum absolute atomic E-state index is 4.29. The minimum atomic E-state index is 1.09. The van der Waals surface area contributed by atoms with Gasteiger partial charge in [-0.05, 0) is 13.0 Å². The quantitative estimate of drug-likeness (QED) is 0.664. The molecule has 2 nitrogen and oxygen atoms in total. The highest BCUT2D eigenvalue weighted by Crippen LogP contribution is 2.18. The van der Waals surface area contributed by atoms with Crippen LogP contribution in [0.3, 0.4) is 0 Å². The Balaban J connectivity index is 2.95. The first-order chi connectivity index (χ1) is 5.29. The van der Waals surface area contributed by atoms with E-state index in [1.54, 1.807) is 0 Å². The Labute approximate surface area is 78.7 Å². The fourth-order valence-electron chi connectivity index (χ4n) is 1.18. The maximum atomic E-state index is 4.29. The van der Waals surface area contributed by atoms with E-state index in [0.717, 1.165) is 5.69 Å². The third-order valence-corrected chi connectivity index (χ3v) is 2.47. The van der Waals surface area contributed by atoms with Crippen molar-refractivity contribution in [2.45, 2.75) is 6.92 Å². The Bertz CT molecular complexity index is 356. The predicted molar refractivity (Wildman–Crippen MR) is 53.9 cm³/mol. The molecule has 1 heterocycles. The third kappa shape index (κ3) is 1.03. The molecular formula is C8H7IN2. The van der Waals surface area contributed by atoms with Crippen molar-refractivity contribution in [3.8, 4) is 0 Å². The van der Waals surface area contributed by atoms with E-state index in [0.29, 0.717) is 0 Å². The average molecular weight is 258 g/mol. The Morgan fingerprint density at radius 2 is 2.09 bits per heavy atom. The van der Waals surface area contributed by atoms with Gasteiger partial charge in [-0.25, -0.2) is 2.90 Å². The lowest BCUT2D eigenvalue weighted by Crippen LogP contribution is -1.79. The van der Waals surface area contributed by atoms with Crippen LogP contribution in [-0.4, -0.2) is 7.99 Å². The molecule has 0 saturated heterocycles. The van der Waals surface area contributed by atoms with Crippen LogP contribution in [0.2, 0.25) is 0 Å². The standard InChI is InChI=1S/C8H7IN2/c1-6-7-4-2-3-5-8(7)11(9)10-6/h2-5H,1H3. The van der Waals surface area contributed by atoms with Gasteiger partial charge in [-0.15, -0.1) is 0 Å². The number of benzene rings is 1. The summed E-state index contributed by atoms with van der Waals surface area (Å²) in [6.45, 7) is 2.03. The van der Waals surface area contributed by atoms with Crippen LogP contribution in [0.5, 0.6) is 0 Å². The molecule has 1 aromatic heterocycles. The summed E-state index contributed by atoms with van der Waals surface area (Å²) in [6.07, 6.45) is 0. The number of halogens is 1. The molecular weight excluding hydrogens is 251 g/mol. The first-order valence-electron chi connectivity index (χ1n) is 3.39. The molecule has 0 bridgehead atoms. The van der Waals surface area contributed by atoms with Gasteiger partial charge in [0.05, 0.1) is 34.1 Å². The normalized spacial score (nSPS) is 10.7. The molecule has 56 valence electrons. The zero-order valence-corrected chi connectivity index (χ0v) is 8.24. The Morgan fingerprint density at radius 3 is 2.82 bits per heavy atom. The highest BCUT2D eigenvalue weighted by molar-refractivity contribution is 14.1. The van der Waals surface area contributed by atoms with Crippen molar-refractivity contribution in [1.29, 1.82) is 0 Å². The van der Waals surface area contributed by atoms with E-state index >= 15 is 0 Å². The molecule has 2 rings (SSSR count). The van der Waals surface area contributed by atoms with Crippen LogP contribution in [0.4, 0.5) is 0 Å². The van der Waals surface area contributed by atoms with E-state index < -0.39 is 0 Å². The topological polar surface area (TPSA) is 17.8 Å². The molecule has 3 heteroatoms. The molecule has 2 aromatic rings. The van der Waals surface area contributed by atoms with Crippen molar-refractivity contribution >= 4 is 33.8 Å². The van der Waals surface area contributed by atoms with Crippen molar-refractivity contribution in [2.24, 2.45) is 0 Å². The summed E-state index contributed by atoms with van der Waals surface area (Å²) in [5.74, 6) is 0. The smallest absolute Gasteiger partial charge is 0.0851 e. The van der Waals surface area contributed by atoms with Gasteiger partial charge in [-0.3, -0.25) is 0 Å². The van der Waals surface area contributed by atoms with Gasteiger partial charge in [-0.2, -0.15) is 5.10 Å². The Morgan fingerprint density at radius 1 is 1.36 bits per heavy atom. The van der Waals surface area contributed by atoms with Crippen molar-refractivity contribution in [1.82, 2.24) is 7.99 Å². The third-order valence-electron chi connectivity index (χ3n) is 1.73. The highest BCUT2D eigenvalue weighted by atomic mass is 127. The van der Waals surface area contributed by atoms with E-state index in [9.17, 15) is 0 Å². The van der Waals surface area contributed by atoms with E-state index in [2.05, 4.69) is 40.1 Å². The molecule has 0 unspecified atom stereocenters. The first kappa shape index (κ1) is 7.09. The van der Waals surface area contributed by atoms with E-state index in [-0.39, 0.29) is 0 Å². The Kier molecular flexibility index (Phi) is 1.60. The molecule has 1 aromatic carbocycles. The van der Waals surface area contributed by atoms with Crippen molar-refractivity contribution < 1.29 is 0 Å². The fraction of sp³-hybridized carbons (Fsp3) is 0.125. The van der Waals surface area contributed by atoms with Crippen LogP contribution in [0.15, 0.2) is 24.3 Å². The summed E-state index contributed by atoms with van der Waals surface area (Å²) < 4.78 is 1.88. The molecule has 0 saturated carbocycles. The molecule has 0 atom stereocenters. The molecule has 0 N–H and O–H groups in total. The number of aromatic nitrogens is 2. The fourth-order valence-corrected chi connectivity index (χ4v) is 1.92. The van der Waals surface area contributed by atoms with Gasteiger partial charge < -0.3 is 0 Å². The van der Waals surface area contributed by atoms with Gasteiger partial charge in [-0.1, -0.05) is 18.2 Å². The molecule has 0 aliphatic carbocycles. The van der Waals surface area contributed by atoms with Crippen LogP contribution in [0.1, 0.15) is 5.69 Å². The van der Waals surface area contributed by atoms with Crippen molar-refractivity contribution in [3.63, 3.8) is 0 Å². The SMILES string of the molecule is Cc1nn(I)c2ccccc12. The van der Waals surface area contributed by atoms with Crippen LogP contribution in [0.25, 0.3) is 10.9 Å². The van der Waals surface area contributed by atoms with Gasteiger partial charge in [0.2, 0.25) is 0 Å². The lowest BCUT2D eigenvalue weighted by molar-refractivity contribution is 1.04. The van der Waals surface area contributed by atoms with Crippen LogP contribution >= 0.6 is 22.9 Å². The summed E-state index contributed by atoms with van der Waals surface area (Å²) in [5, 5.41) is 5.53. The van der Waals surface area contributed by atoms with E-state index in [4.69, 9.17) is 0 Å². The largest absolute Gasteiger partial charge is 0.203 e. The number of hydrogen-bond donors (Lipinski definition) is 0. The average Bonchev–Trinajstić information content (AvgIpc) is 2.30. The number of para-hydroxylation sites is 1. The van der Waals surface area contributed by atoms with Crippen molar-refractivity contribution in [2.75, 3.05) is 0 Å². The maximum Gasteiger partial charge on any atom is 0.0851 e. The molecule has 0 amide bonds. The minimum absolute atomic E-state index is 1.09. The van der Waals surface area contributed by atoms with Crippen LogP contribution < -0.4 is 0 Å². The summed E-state index contributed by atoms with van der Waals surface area (Å²) in [4.78, 5) is 0. The number of hydrogen-bond acceptors (Lipinski definition) is 1. The van der Waals surface area contributed by atoms with Crippen molar-refractivity contribution in [3.05, 3.63) is 30.0 Å². The number of fused-ring (bicyclic) bond motifs is 1.